The number of ether oxygens (including phenoxy) is 1. The van der Waals surface area contributed by atoms with E-state index in [1.807, 2.05) is 6.92 Å². The SMILES string of the molecule is Cc1cccc(C(C(=O)NC2CCCCC2)N(C(=O)C(CC(N)=O)NC(=O)OC(C)(C)C)C2CC2C)c1O. The Labute approximate surface area is 224 Å². The van der Waals surface area contributed by atoms with Gasteiger partial charge in [-0.3, -0.25) is 14.4 Å². The molecule has 10 heteroatoms. The highest BCUT2D eigenvalue weighted by Gasteiger charge is 2.49. The van der Waals surface area contributed by atoms with Gasteiger partial charge in [-0.2, -0.15) is 0 Å². The number of phenols is 1. The molecule has 2 fully saturated rings. The van der Waals surface area contributed by atoms with Crippen molar-refractivity contribution in [3.8, 4) is 5.75 Å². The van der Waals surface area contributed by atoms with Gasteiger partial charge in [0.1, 0.15) is 23.4 Å². The molecule has 38 heavy (non-hydrogen) atoms. The zero-order chi connectivity index (χ0) is 28.2. The van der Waals surface area contributed by atoms with Crippen LogP contribution in [0.2, 0.25) is 0 Å². The van der Waals surface area contributed by atoms with Gasteiger partial charge in [0.05, 0.1) is 6.42 Å². The lowest BCUT2D eigenvalue weighted by Crippen LogP contribution is -2.55. The Morgan fingerprint density at radius 3 is 2.34 bits per heavy atom. The molecule has 5 N–H and O–H groups in total. The molecular weight excluding hydrogens is 488 g/mol. The summed E-state index contributed by atoms with van der Waals surface area (Å²) >= 11 is 0. The van der Waals surface area contributed by atoms with Crippen LogP contribution in [0.4, 0.5) is 4.79 Å². The molecule has 4 amide bonds. The number of aromatic hydroxyl groups is 1. The molecule has 1 aromatic carbocycles. The summed E-state index contributed by atoms with van der Waals surface area (Å²) in [5, 5.41) is 16.6. The molecule has 0 bridgehead atoms. The number of hydrogen-bond donors (Lipinski definition) is 4. The average Bonchev–Trinajstić information content (AvgIpc) is 3.53. The van der Waals surface area contributed by atoms with Gasteiger partial charge in [0.15, 0.2) is 0 Å². The summed E-state index contributed by atoms with van der Waals surface area (Å²) in [6.45, 7) is 8.73. The van der Waals surface area contributed by atoms with Crippen molar-refractivity contribution in [1.82, 2.24) is 15.5 Å². The number of aryl methyl sites for hydroxylation is 1. The molecule has 10 nitrogen and oxygen atoms in total. The number of carbonyl (C=O) groups is 4. The lowest BCUT2D eigenvalue weighted by Gasteiger charge is -2.36. The van der Waals surface area contributed by atoms with E-state index in [9.17, 15) is 24.3 Å². The Morgan fingerprint density at radius 2 is 1.79 bits per heavy atom. The van der Waals surface area contributed by atoms with Gasteiger partial charge >= 0.3 is 6.09 Å². The third kappa shape index (κ3) is 7.61. The van der Waals surface area contributed by atoms with E-state index in [0.717, 1.165) is 32.1 Å². The molecular formula is C28H42N4O6. The van der Waals surface area contributed by atoms with Crippen LogP contribution >= 0.6 is 0 Å². The summed E-state index contributed by atoms with van der Waals surface area (Å²) < 4.78 is 5.31. The van der Waals surface area contributed by atoms with Gasteiger partial charge in [-0.05, 0) is 58.4 Å². The van der Waals surface area contributed by atoms with Gasteiger partial charge < -0.3 is 31.1 Å². The Kier molecular flexibility index (Phi) is 9.27. The van der Waals surface area contributed by atoms with Crippen molar-refractivity contribution >= 4 is 23.8 Å². The van der Waals surface area contributed by atoms with Gasteiger partial charge in [0, 0.05) is 17.6 Å². The van der Waals surface area contributed by atoms with Crippen molar-refractivity contribution < 1.29 is 29.0 Å². The summed E-state index contributed by atoms with van der Waals surface area (Å²) in [7, 11) is 0. The number of nitrogens with zero attached hydrogens (tertiary/aromatic N) is 1. The normalized spacial score (nSPS) is 21.1. The van der Waals surface area contributed by atoms with E-state index in [1.165, 1.54) is 4.90 Å². The van der Waals surface area contributed by atoms with Crippen molar-refractivity contribution in [3.05, 3.63) is 29.3 Å². The van der Waals surface area contributed by atoms with Gasteiger partial charge in [0.25, 0.3) is 0 Å². The van der Waals surface area contributed by atoms with E-state index in [1.54, 1.807) is 45.9 Å². The maximum atomic E-state index is 14.1. The van der Waals surface area contributed by atoms with E-state index < -0.39 is 47.9 Å². The van der Waals surface area contributed by atoms with Crippen LogP contribution in [-0.2, 0) is 19.1 Å². The molecule has 0 heterocycles. The average molecular weight is 531 g/mol. The molecule has 0 aromatic heterocycles. The second-order valence-electron chi connectivity index (χ2n) is 11.7. The molecule has 0 spiro atoms. The number of benzene rings is 1. The monoisotopic (exact) mass is 530 g/mol. The van der Waals surface area contributed by atoms with Crippen molar-refractivity contribution in [1.29, 1.82) is 0 Å². The van der Waals surface area contributed by atoms with Crippen LogP contribution in [0, 0.1) is 12.8 Å². The summed E-state index contributed by atoms with van der Waals surface area (Å²) in [5.74, 6) is -1.81. The number of para-hydroxylation sites is 1. The number of carbonyl (C=O) groups excluding carboxylic acids is 4. The summed E-state index contributed by atoms with van der Waals surface area (Å²) in [6, 6.07) is 2.24. The van der Waals surface area contributed by atoms with Crippen LogP contribution in [0.3, 0.4) is 0 Å². The first kappa shape index (κ1) is 29.3. The molecule has 1 aromatic rings. The van der Waals surface area contributed by atoms with Crippen molar-refractivity contribution in [2.75, 3.05) is 0 Å². The molecule has 0 radical (unpaired) electrons. The smallest absolute Gasteiger partial charge is 0.408 e. The van der Waals surface area contributed by atoms with Crippen LogP contribution < -0.4 is 16.4 Å². The van der Waals surface area contributed by atoms with Gasteiger partial charge in [-0.25, -0.2) is 4.79 Å². The lowest BCUT2D eigenvalue weighted by atomic mass is 9.94. The number of alkyl carbamates (subject to hydrolysis) is 1. The highest BCUT2D eigenvalue weighted by Crippen LogP contribution is 2.43. The Bertz CT molecular complexity index is 1050. The molecule has 210 valence electrons. The number of rotatable bonds is 9. The van der Waals surface area contributed by atoms with E-state index in [0.29, 0.717) is 17.5 Å². The highest BCUT2D eigenvalue weighted by molar-refractivity contribution is 5.95. The largest absolute Gasteiger partial charge is 0.507 e. The quantitative estimate of drug-likeness (QED) is 0.385. The Balaban J connectivity index is 2.02. The first-order valence-electron chi connectivity index (χ1n) is 13.5. The Hall–Kier alpha value is -3.30. The standard InChI is InChI=1S/C28H42N4O6/c1-16-10-9-13-19(24(16)34)23(25(35)30-18-11-7-6-8-12-18)32(21-14-17(21)2)26(36)20(15-22(29)33)31-27(37)38-28(3,4)5/h9-10,13,17-18,20-21,23,34H,6-8,11-12,14-15H2,1-5H3,(H2,29,33)(H,30,35)(H,31,37). The topological polar surface area (TPSA) is 151 Å². The van der Waals surface area contributed by atoms with E-state index in [4.69, 9.17) is 10.5 Å². The number of primary amides is 1. The van der Waals surface area contributed by atoms with Crippen LogP contribution in [-0.4, -0.2) is 57.5 Å². The predicted molar refractivity (Wildman–Crippen MR) is 142 cm³/mol. The number of nitrogens with two attached hydrogens (primary N) is 1. The molecule has 2 aliphatic carbocycles. The molecule has 2 saturated carbocycles. The zero-order valence-electron chi connectivity index (χ0n) is 23.1. The minimum atomic E-state index is -1.34. The lowest BCUT2D eigenvalue weighted by molar-refractivity contribution is -0.144. The second kappa shape index (κ2) is 12.0. The van der Waals surface area contributed by atoms with E-state index >= 15 is 0 Å². The fourth-order valence-electron chi connectivity index (χ4n) is 5.05. The van der Waals surface area contributed by atoms with Gasteiger partial charge in [0.2, 0.25) is 17.7 Å². The van der Waals surface area contributed by atoms with Crippen molar-refractivity contribution in [3.63, 3.8) is 0 Å². The number of nitrogens with one attached hydrogen (secondary N) is 2. The summed E-state index contributed by atoms with van der Waals surface area (Å²) in [6.07, 6.45) is 4.12. The maximum absolute atomic E-state index is 14.1. The van der Waals surface area contributed by atoms with Crippen molar-refractivity contribution in [2.45, 2.75) is 109 Å². The molecule has 0 aliphatic heterocycles. The first-order valence-corrected chi connectivity index (χ1v) is 13.5. The van der Waals surface area contributed by atoms with Gasteiger partial charge in [-0.1, -0.05) is 44.4 Å². The molecule has 2 aliphatic rings. The van der Waals surface area contributed by atoms with Crippen LogP contribution in [0.5, 0.6) is 5.75 Å². The van der Waals surface area contributed by atoms with Crippen LogP contribution in [0.15, 0.2) is 18.2 Å². The van der Waals surface area contributed by atoms with Crippen LogP contribution in [0.25, 0.3) is 0 Å². The fourth-order valence-corrected chi connectivity index (χ4v) is 5.05. The van der Waals surface area contributed by atoms with Crippen molar-refractivity contribution in [2.24, 2.45) is 11.7 Å². The van der Waals surface area contributed by atoms with Gasteiger partial charge in [-0.15, -0.1) is 0 Å². The predicted octanol–water partition coefficient (Wildman–Crippen LogP) is 3.20. The third-order valence-electron chi connectivity index (χ3n) is 7.11. The highest BCUT2D eigenvalue weighted by atomic mass is 16.6. The van der Waals surface area contributed by atoms with E-state index in [-0.39, 0.29) is 23.8 Å². The zero-order valence-corrected chi connectivity index (χ0v) is 23.1. The number of hydrogen-bond acceptors (Lipinski definition) is 6. The minimum absolute atomic E-state index is 0.0272. The van der Waals surface area contributed by atoms with Crippen LogP contribution in [0.1, 0.15) is 89.8 Å². The summed E-state index contributed by atoms with van der Waals surface area (Å²) in [4.78, 5) is 53.9. The molecule has 0 saturated heterocycles. The maximum Gasteiger partial charge on any atom is 0.408 e. The third-order valence-corrected chi connectivity index (χ3v) is 7.11. The fraction of sp³-hybridized carbons (Fsp3) is 0.643. The number of amides is 4. The van der Waals surface area contributed by atoms with E-state index in [2.05, 4.69) is 10.6 Å². The number of phenolic OH excluding ortho intramolecular Hbond substituents is 1. The molecule has 4 atom stereocenters. The second-order valence-corrected chi connectivity index (χ2v) is 11.7. The molecule has 3 rings (SSSR count). The molecule has 4 unspecified atom stereocenters. The Morgan fingerprint density at radius 1 is 1.16 bits per heavy atom. The minimum Gasteiger partial charge on any atom is -0.507 e. The summed E-state index contributed by atoms with van der Waals surface area (Å²) in [5.41, 5.74) is 5.48. The first-order chi connectivity index (χ1) is 17.8.